The molecule has 0 aliphatic heterocycles. The Morgan fingerprint density at radius 3 is 2.61 bits per heavy atom. The first-order valence-corrected chi connectivity index (χ1v) is 5.92. The fourth-order valence-electron chi connectivity index (χ4n) is 1.67. The van der Waals surface area contributed by atoms with E-state index >= 15 is 0 Å². The number of esters is 1. The molecule has 0 saturated heterocycles. The second kappa shape index (κ2) is 5.87. The van der Waals surface area contributed by atoms with Gasteiger partial charge in [-0.1, -0.05) is 18.2 Å². The van der Waals surface area contributed by atoms with Gasteiger partial charge < -0.3 is 15.2 Å². The molecule has 0 bridgehead atoms. The summed E-state index contributed by atoms with van der Waals surface area (Å²) in [5, 5.41) is 0. The average Bonchev–Trinajstić information content (AvgIpc) is 2.35. The largest absolute Gasteiger partial charge is 0.492 e. The Morgan fingerprint density at radius 1 is 1.39 bits per heavy atom. The van der Waals surface area contributed by atoms with E-state index in [9.17, 15) is 4.79 Å². The smallest absolute Gasteiger partial charge is 0.314 e. The zero-order chi connectivity index (χ0) is 13.8. The van der Waals surface area contributed by atoms with Gasteiger partial charge in [0.1, 0.15) is 12.4 Å². The van der Waals surface area contributed by atoms with Crippen molar-refractivity contribution >= 4 is 5.97 Å². The van der Waals surface area contributed by atoms with Crippen molar-refractivity contribution in [1.82, 2.24) is 0 Å². The van der Waals surface area contributed by atoms with Crippen LogP contribution < -0.4 is 10.5 Å². The number of carbonyl (C=O) groups is 1. The molecule has 1 aromatic carbocycles. The summed E-state index contributed by atoms with van der Waals surface area (Å²) in [4.78, 5) is 11.6. The zero-order valence-electron chi connectivity index (χ0n) is 11.4. The molecule has 0 saturated carbocycles. The van der Waals surface area contributed by atoms with Gasteiger partial charge in [-0.25, -0.2) is 0 Å². The summed E-state index contributed by atoms with van der Waals surface area (Å²) in [5.74, 6) is 0.474. The van der Waals surface area contributed by atoms with E-state index in [0.29, 0.717) is 6.54 Å². The molecule has 0 unspecified atom stereocenters. The summed E-state index contributed by atoms with van der Waals surface area (Å²) in [6.07, 6.45) is 0. The maximum Gasteiger partial charge on any atom is 0.314 e. The average molecular weight is 251 g/mol. The number of ether oxygens (including phenoxy) is 2. The van der Waals surface area contributed by atoms with E-state index < -0.39 is 5.41 Å². The number of hydrogen-bond donors (Lipinski definition) is 1. The normalized spacial score (nSPS) is 11.2. The fourth-order valence-corrected chi connectivity index (χ4v) is 1.67. The first kappa shape index (κ1) is 14.5. The highest BCUT2D eigenvalue weighted by atomic mass is 16.5. The Kier molecular flexibility index (Phi) is 4.73. The second-order valence-corrected chi connectivity index (χ2v) is 4.93. The monoisotopic (exact) mass is 251 g/mol. The van der Waals surface area contributed by atoms with Crippen LogP contribution in [-0.4, -0.2) is 19.7 Å². The van der Waals surface area contributed by atoms with Crippen LogP contribution in [0.5, 0.6) is 5.75 Å². The van der Waals surface area contributed by atoms with Gasteiger partial charge in [-0.3, -0.25) is 4.79 Å². The standard InChI is InChI=1S/C14H21NO3/c1-10-6-5-7-11(8-15)12(10)18-9-14(2,3)13(16)17-4/h5-7H,8-9,15H2,1-4H3. The molecule has 0 amide bonds. The number of hydrogen-bond acceptors (Lipinski definition) is 4. The molecule has 0 aliphatic carbocycles. The van der Waals surface area contributed by atoms with E-state index in [4.69, 9.17) is 15.2 Å². The van der Waals surface area contributed by atoms with Crippen molar-refractivity contribution in [3.8, 4) is 5.75 Å². The first-order valence-electron chi connectivity index (χ1n) is 5.92. The molecule has 4 nitrogen and oxygen atoms in total. The number of nitrogens with two attached hydrogens (primary N) is 1. The second-order valence-electron chi connectivity index (χ2n) is 4.93. The van der Waals surface area contributed by atoms with E-state index in [-0.39, 0.29) is 12.6 Å². The van der Waals surface area contributed by atoms with Crippen molar-refractivity contribution in [2.24, 2.45) is 11.1 Å². The van der Waals surface area contributed by atoms with Crippen LogP contribution in [0.1, 0.15) is 25.0 Å². The summed E-state index contributed by atoms with van der Waals surface area (Å²) in [5.41, 5.74) is 6.95. The van der Waals surface area contributed by atoms with Crippen LogP contribution in [0.3, 0.4) is 0 Å². The maximum absolute atomic E-state index is 11.6. The highest BCUT2D eigenvalue weighted by Crippen LogP contribution is 2.26. The summed E-state index contributed by atoms with van der Waals surface area (Å²) in [6.45, 7) is 6.21. The molecule has 18 heavy (non-hydrogen) atoms. The lowest BCUT2D eigenvalue weighted by molar-refractivity contribution is -0.152. The van der Waals surface area contributed by atoms with Crippen LogP contribution in [0.4, 0.5) is 0 Å². The quantitative estimate of drug-likeness (QED) is 0.813. The minimum atomic E-state index is -0.678. The molecule has 4 heteroatoms. The Bertz CT molecular complexity index is 427. The van der Waals surface area contributed by atoms with Crippen molar-refractivity contribution in [3.05, 3.63) is 29.3 Å². The van der Waals surface area contributed by atoms with Gasteiger partial charge in [0.25, 0.3) is 0 Å². The lowest BCUT2D eigenvalue weighted by atomic mass is 9.95. The Hall–Kier alpha value is -1.55. The summed E-state index contributed by atoms with van der Waals surface area (Å²) < 4.78 is 10.5. The molecule has 0 atom stereocenters. The predicted octanol–water partition coefficient (Wildman–Crippen LogP) is 2.03. The van der Waals surface area contributed by atoms with Crippen molar-refractivity contribution in [2.45, 2.75) is 27.3 Å². The minimum absolute atomic E-state index is 0.261. The molecular weight excluding hydrogens is 230 g/mol. The molecular formula is C14H21NO3. The van der Waals surface area contributed by atoms with Crippen molar-refractivity contribution in [2.75, 3.05) is 13.7 Å². The van der Waals surface area contributed by atoms with E-state index in [1.54, 1.807) is 13.8 Å². The Balaban J connectivity index is 2.83. The summed E-state index contributed by atoms with van der Waals surface area (Å²) in [7, 11) is 1.38. The number of carbonyl (C=O) groups excluding carboxylic acids is 1. The van der Waals surface area contributed by atoms with Gasteiger partial charge in [0.05, 0.1) is 12.5 Å². The number of methoxy groups -OCH3 is 1. The van der Waals surface area contributed by atoms with Gasteiger partial charge in [0, 0.05) is 12.1 Å². The Morgan fingerprint density at radius 2 is 2.06 bits per heavy atom. The van der Waals surface area contributed by atoms with Crippen LogP contribution in [0.2, 0.25) is 0 Å². The molecule has 0 aromatic heterocycles. The highest BCUT2D eigenvalue weighted by Gasteiger charge is 2.30. The van der Waals surface area contributed by atoms with Gasteiger partial charge in [0.2, 0.25) is 0 Å². The topological polar surface area (TPSA) is 61.5 Å². The number of rotatable bonds is 5. The molecule has 0 radical (unpaired) electrons. The van der Waals surface area contributed by atoms with Crippen molar-refractivity contribution in [1.29, 1.82) is 0 Å². The van der Waals surface area contributed by atoms with Gasteiger partial charge >= 0.3 is 5.97 Å². The molecule has 0 spiro atoms. The van der Waals surface area contributed by atoms with Crippen LogP contribution in [0, 0.1) is 12.3 Å². The van der Waals surface area contributed by atoms with E-state index in [0.717, 1.165) is 16.9 Å². The van der Waals surface area contributed by atoms with E-state index in [1.165, 1.54) is 7.11 Å². The minimum Gasteiger partial charge on any atom is -0.492 e. The lowest BCUT2D eigenvalue weighted by Crippen LogP contribution is -2.32. The van der Waals surface area contributed by atoms with E-state index in [2.05, 4.69) is 0 Å². The summed E-state index contributed by atoms with van der Waals surface area (Å²) >= 11 is 0. The van der Waals surface area contributed by atoms with Crippen LogP contribution in [-0.2, 0) is 16.1 Å². The van der Waals surface area contributed by atoms with Crippen LogP contribution in [0.15, 0.2) is 18.2 Å². The predicted molar refractivity (Wildman–Crippen MR) is 70.4 cm³/mol. The Labute approximate surface area is 108 Å². The molecule has 2 N–H and O–H groups in total. The molecule has 100 valence electrons. The lowest BCUT2D eigenvalue weighted by Gasteiger charge is -2.23. The van der Waals surface area contributed by atoms with Gasteiger partial charge in [0.15, 0.2) is 0 Å². The SMILES string of the molecule is COC(=O)C(C)(C)COc1c(C)cccc1CN. The highest BCUT2D eigenvalue weighted by molar-refractivity contribution is 5.75. The zero-order valence-corrected chi connectivity index (χ0v) is 11.4. The molecule has 0 fully saturated rings. The number of aryl methyl sites for hydroxylation is 1. The third kappa shape index (κ3) is 3.23. The molecule has 0 heterocycles. The van der Waals surface area contributed by atoms with Crippen molar-refractivity contribution in [3.63, 3.8) is 0 Å². The molecule has 0 aliphatic rings. The third-order valence-corrected chi connectivity index (χ3v) is 2.83. The fraction of sp³-hybridized carbons (Fsp3) is 0.500. The third-order valence-electron chi connectivity index (χ3n) is 2.83. The van der Waals surface area contributed by atoms with Gasteiger partial charge in [-0.05, 0) is 26.3 Å². The number of benzene rings is 1. The van der Waals surface area contributed by atoms with Gasteiger partial charge in [-0.15, -0.1) is 0 Å². The van der Waals surface area contributed by atoms with E-state index in [1.807, 2.05) is 25.1 Å². The van der Waals surface area contributed by atoms with Crippen LogP contribution in [0.25, 0.3) is 0 Å². The molecule has 1 rings (SSSR count). The maximum atomic E-state index is 11.6. The number of para-hydroxylation sites is 1. The van der Waals surface area contributed by atoms with Crippen LogP contribution >= 0.6 is 0 Å². The van der Waals surface area contributed by atoms with Gasteiger partial charge in [-0.2, -0.15) is 0 Å². The van der Waals surface area contributed by atoms with Crippen molar-refractivity contribution < 1.29 is 14.3 Å². The first-order chi connectivity index (χ1) is 8.42. The molecule has 1 aromatic rings. The summed E-state index contributed by atoms with van der Waals surface area (Å²) in [6, 6.07) is 5.82.